The molecule has 1 atom stereocenters. The van der Waals surface area contributed by atoms with E-state index in [1.54, 1.807) is 31.6 Å². The number of benzene rings is 2. The van der Waals surface area contributed by atoms with E-state index in [2.05, 4.69) is 10.3 Å². The van der Waals surface area contributed by atoms with Crippen molar-refractivity contribution in [1.29, 1.82) is 0 Å². The highest BCUT2D eigenvalue weighted by Crippen LogP contribution is 2.43. The third kappa shape index (κ3) is 2.91. The van der Waals surface area contributed by atoms with E-state index >= 15 is 0 Å². The minimum Gasteiger partial charge on any atom is -0.508 e. The lowest BCUT2D eigenvalue weighted by atomic mass is 9.81. The van der Waals surface area contributed by atoms with E-state index in [1.165, 1.54) is 0 Å². The Hall–Kier alpha value is -3.60. The molecule has 3 aromatic rings. The molecule has 1 unspecified atom stereocenters. The Bertz CT molecular complexity index is 1030. The molecule has 1 aromatic heterocycles. The van der Waals surface area contributed by atoms with Gasteiger partial charge in [0.2, 0.25) is 0 Å². The largest absolute Gasteiger partial charge is 0.508 e. The van der Waals surface area contributed by atoms with Gasteiger partial charge in [-0.2, -0.15) is 0 Å². The molecule has 5 nitrogen and oxygen atoms in total. The molecule has 0 aliphatic carbocycles. The molecule has 2 N–H and O–H groups in total. The number of phenols is 1. The zero-order chi connectivity index (χ0) is 19.6. The predicted molar refractivity (Wildman–Crippen MR) is 110 cm³/mol. The molecular weight excluding hydrogens is 350 g/mol. The van der Waals surface area contributed by atoms with Crippen LogP contribution in [0.5, 0.6) is 11.5 Å². The molecule has 140 valence electrons. The van der Waals surface area contributed by atoms with E-state index in [4.69, 9.17) is 9.73 Å². The van der Waals surface area contributed by atoms with Gasteiger partial charge in [0.05, 0.1) is 7.11 Å². The first-order valence-corrected chi connectivity index (χ1v) is 9.05. The standard InChI is InChI=1S/C23H21N3O2/c1-3-21-23(18-12-14-24-15-13-18,17-6-8-19(27)9-7-17)26-22(25-21)16-4-10-20(28-2)11-5-16/h3-15,27H,1-2H3,(H,25,26). The summed E-state index contributed by atoms with van der Waals surface area (Å²) < 4.78 is 5.26. The van der Waals surface area contributed by atoms with E-state index in [0.717, 1.165) is 34.0 Å². The molecule has 1 aliphatic rings. The Kier molecular flexibility index (Phi) is 4.57. The summed E-state index contributed by atoms with van der Waals surface area (Å²) in [5, 5.41) is 13.3. The van der Waals surface area contributed by atoms with Crippen molar-refractivity contribution in [3.8, 4) is 11.5 Å². The molecule has 0 saturated carbocycles. The van der Waals surface area contributed by atoms with Gasteiger partial charge < -0.3 is 15.2 Å². The molecule has 0 fully saturated rings. The topological polar surface area (TPSA) is 66.7 Å². The molecule has 5 heteroatoms. The number of aromatic hydroxyl groups is 1. The molecule has 0 radical (unpaired) electrons. The lowest BCUT2D eigenvalue weighted by Crippen LogP contribution is -2.29. The monoisotopic (exact) mass is 371 g/mol. The summed E-state index contributed by atoms with van der Waals surface area (Å²) >= 11 is 0. The van der Waals surface area contributed by atoms with E-state index in [1.807, 2.05) is 61.5 Å². The molecule has 2 heterocycles. The lowest BCUT2D eigenvalue weighted by molar-refractivity contribution is 0.415. The van der Waals surface area contributed by atoms with Crippen LogP contribution in [0, 0.1) is 0 Å². The van der Waals surface area contributed by atoms with Gasteiger partial charge in [-0.3, -0.25) is 4.98 Å². The second-order valence-electron chi connectivity index (χ2n) is 6.51. The fraction of sp³-hybridized carbons (Fsp3) is 0.130. The van der Waals surface area contributed by atoms with E-state index in [0.29, 0.717) is 0 Å². The maximum absolute atomic E-state index is 9.77. The molecule has 0 bridgehead atoms. The van der Waals surface area contributed by atoms with E-state index in [9.17, 15) is 5.11 Å². The molecule has 4 rings (SSSR count). The average Bonchev–Trinajstić information content (AvgIpc) is 3.16. The quantitative estimate of drug-likeness (QED) is 0.728. The van der Waals surface area contributed by atoms with Gasteiger partial charge in [0.25, 0.3) is 0 Å². The molecule has 28 heavy (non-hydrogen) atoms. The maximum atomic E-state index is 9.77. The Balaban J connectivity index is 1.92. The van der Waals surface area contributed by atoms with E-state index in [-0.39, 0.29) is 5.75 Å². The molecule has 0 amide bonds. The zero-order valence-corrected chi connectivity index (χ0v) is 15.8. The van der Waals surface area contributed by atoms with Gasteiger partial charge >= 0.3 is 0 Å². The van der Waals surface area contributed by atoms with Gasteiger partial charge in [-0.05, 0) is 66.6 Å². The summed E-state index contributed by atoms with van der Waals surface area (Å²) in [5.41, 5.74) is 3.14. The van der Waals surface area contributed by atoms with Gasteiger partial charge in [-0.1, -0.05) is 18.2 Å². The van der Waals surface area contributed by atoms with Crippen molar-refractivity contribution in [3.05, 3.63) is 102 Å². The number of aliphatic imine (C=N–C) groups is 1. The minimum atomic E-state index is -0.735. The first-order valence-electron chi connectivity index (χ1n) is 9.05. The average molecular weight is 371 g/mol. The summed E-state index contributed by atoms with van der Waals surface area (Å²) in [6.07, 6.45) is 5.57. The third-order valence-electron chi connectivity index (χ3n) is 4.96. The highest BCUT2D eigenvalue weighted by Gasteiger charge is 2.43. The van der Waals surface area contributed by atoms with Gasteiger partial charge in [-0.15, -0.1) is 0 Å². The van der Waals surface area contributed by atoms with Crippen LogP contribution < -0.4 is 10.1 Å². The Morgan fingerprint density at radius 3 is 2.18 bits per heavy atom. The number of nitrogens with one attached hydrogen (secondary N) is 1. The van der Waals surface area contributed by atoms with Crippen molar-refractivity contribution in [1.82, 2.24) is 10.3 Å². The lowest BCUT2D eigenvalue weighted by Gasteiger charge is -2.28. The number of phenolic OH excluding ortho intramolecular Hbond substituents is 1. The number of hydrogen-bond donors (Lipinski definition) is 2. The second kappa shape index (κ2) is 7.19. The fourth-order valence-electron chi connectivity index (χ4n) is 3.54. The number of aromatic nitrogens is 1. The van der Waals surface area contributed by atoms with Crippen LogP contribution in [-0.2, 0) is 5.54 Å². The Labute approximate surface area is 164 Å². The van der Waals surface area contributed by atoms with Crippen LogP contribution >= 0.6 is 0 Å². The second-order valence-corrected chi connectivity index (χ2v) is 6.51. The fourth-order valence-corrected chi connectivity index (χ4v) is 3.54. The van der Waals surface area contributed by atoms with Gasteiger partial charge in [0, 0.05) is 23.7 Å². The Morgan fingerprint density at radius 2 is 1.57 bits per heavy atom. The predicted octanol–water partition coefficient (Wildman–Crippen LogP) is 3.99. The highest BCUT2D eigenvalue weighted by atomic mass is 16.5. The van der Waals surface area contributed by atoms with E-state index < -0.39 is 5.54 Å². The van der Waals surface area contributed by atoms with Crippen LogP contribution in [0.2, 0.25) is 0 Å². The number of methoxy groups -OCH3 is 1. The summed E-state index contributed by atoms with van der Waals surface area (Å²) in [6, 6.07) is 18.9. The smallest absolute Gasteiger partial charge is 0.152 e. The number of rotatable bonds is 4. The van der Waals surface area contributed by atoms with Gasteiger partial charge in [0.15, 0.2) is 5.54 Å². The number of pyridine rings is 1. The summed E-state index contributed by atoms with van der Waals surface area (Å²) in [4.78, 5) is 9.32. The summed E-state index contributed by atoms with van der Waals surface area (Å²) in [5.74, 6) is 1.80. The number of nitrogens with zero attached hydrogens (tertiary/aromatic N) is 2. The Morgan fingerprint density at radius 1 is 0.929 bits per heavy atom. The first kappa shape index (κ1) is 17.8. The van der Waals surface area contributed by atoms with Crippen LogP contribution in [0.25, 0.3) is 0 Å². The van der Waals surface area contributed by atoms with Crippen molar-refractivity contribution in [2.24, 2.45) is 4.99 Å². The maximum Gasteiger partial charge on any atom is 0.152 e. The van der Waals surface area contributed by atoms with Crippen molar-refractivity contribution >= 4 is 5.84 Å². The SMILES string of the molecule is CC=C1NC(c2ccc(OC)cc2)=NC1(c1ccncc1)c1ccc(O)cc1. The van der Waals surface area contributed by atoms with Crippen LogP contribution in [0.1, 0.15) is 23.6 Å². The molecule has 2 aromatic carbocycles. The zero-order valence-electron chi connectivity index (χ0n) is 15.8. The number of ether oxygens (including phenoxy) is 1. The third-order valence-corrected chi connectivity index (χ3v) is 4.96. The molecule has 0 saturated heterocycles. The van der Waals surface area contributed by atoms with Crippen molar-refractivity contribution in [3.63, 3.8) is 0 Å². The number of hydrogen-bond acceptors (Lipinski definition) is 5. The normalized spacial score (nSPS) is 19.9. The number of amidine groups is 1. The van der Waals surface area contributed by atoms with Crippen LogP contribution in [-0.4, -0.2) is 23.0 Å². The molecule has 0 spiro atoms. The molecule has 1 aliphatic heterocycles. The number of allylic oxidation sites excluding steroid dienone is 1. The summed E-state index contributed by atoms with van der Waals surface area (Å²) in [6.45, 7) is 1.99. The van der Waals surface area contributed by atoms with Crippen LogP contribution in [0.4, 0.5) is 0 Å². The van der Waals surface area contributed by atoms with Crippen molar-refractivity contribution < 1.29 is 9.84 Å². The highest BCUT2D eigenvalue weighted by molar-refractivity contribution is 6.02. The van der Waals surface area contributed by atoms with Crippen molar-refractivity contribution in [2.75, 3.05) is 7.11 Å². The van der Waals surface area contributed by atoms with Crippen LogP contribution in [0.15, 0.2) is 89.8 Å². The van der Waals surface area contributed by atoms with Crippen LogP contribution in [0.3, 0.4) is 0 Å². The molecular formula is C23H21N3O2. The first-order chi connectivity index (χ1) is 13.7. The minimum absolute atomic E-state index is 0.223. The van der Waals surface area contributed by atoms with Crippen molar-refractivity contribution in [2.45, 2.75) is 12.5 Å². The summed E-state index contributed by atoms with van der Waals surface area (Å²) in [7, 11) is 1.65. The van der Waals surface area contributed by atoms with Gasteiger partial charge in [-0.25, -0.2) is 4.99 Å². The van der Waals surface area contributed by atoms with Gasteiger partial charge in [0.1, 0.15) is 17.3 Å².